The zero-order chi connectivity index (χ0) is 11.6. The van der Waals surface area contributed by atoms with Gasteiger partial charge in [-0.2, -0.15) is 10.2 Å². The number of ether oxygens (including phenoxy) is 2. The predicted molar refractivity (Wildman–Crippen MR) is 69.9 cm³/mol. The van der Waals surface area contributed by atoms with Crippen LogP contribution in [0.1, 0.15) is 19.8 Å². The molecule has 3 nitrogen and oxygen atoms in total. The van der Waals surface area contributed by atoms with Crippen LogP contribution in [0.4, 0.5) is 0 Å². The predicted octanol–water partition coefficient (Wildman–Crippen LogP) is 2.02. The Morgan fingerprint density at radius 3 is 2.07 bits per heavy atom. The summed E-state index contributed by atoms with van der Waals surface area (Å²) in [6.07, 6.45) is 9.05. The normalized spacial score (nSPS) is 13.1. The lowest BCUT2D eigenvalue weighted by Gasteiger charge is -2.26. The monoisotopic (exact) mass is 237 g/mol. The molecule has 0 spiro atoms. The Morgan fingerprint density at radius 2 is 1.53 bits per heavy atom. The van der Waals surface area contributed by atoms with Gasteiger partial charge in [-0.1, -0.05) is 13.3 Å². The van der Waals surface area contributed by atoms with Crippen molar-refractivity contribution in [3.8, 4) is 0 Å². The SMILES string of the molecule is CCCCOCCOCCNS(C)(C)C. The second kappa shape index (κ2) is 9.46. The Labute approximate surface area is 96.4 Å². The number of unbranched alkanes of at least 4 members (excludes halogenated alkanes) is 1. The highest BCUT2D eigenvalue weighted by Crippen LogP contribution is 2.27. The van der Waals surface area contributed by atoms with E-state index in [9.17, 15) is 0 Å². The molecule has 0 rings (SSSR count). The van der Waals surface area contributed by atoms with E-state index in [2.05, 4.69) is 30.4 Å². The minimum atomic E-state index is -0.590. The molecule has 4 heteroatoms. The molecule has 15 heavy (non-hydrogen) atoms. The quantitative estimate of drug-likeness (QED) is 0.590. The Balaban J connectivity index is 2.99. The number of hydrogen-bond acceptors (Lipinski definition) is 3. The van der Waals surface area contributed by atoms with E-state index in [4.69, 9.17) is 9.47 Å². The van der Waals surface area contributed by atoms with Gasteiger partial charge in [0, 0.05) is 13.2 Å². The molecular formula is C11H27NO2S. The summed E-state index contributed by atoms with van der Waals surface area (Å²) in [5.41, 5.74) is 0. The average molecular weight is 237 g/mol. The van der Waals surface area contributed by atoms with Crippen molar-refractivity contribution in [1.29, 1.82) is 0 Å². The minimum absolute atomic E-state index is 0.590. The van der Waals surface area contributed by atoms with Crippen molar-refractivity contribution in [2.24, 2.45) is 0 Å². The van der Waals surface area contributed by atoms with Crippen LogP contribution in [0.2, 0.25) is 0 Å². The van der Waals surface area contributed by atoms with Crippen molar-refractivity contribution in [3.63, 3.8) is 0 Å². The largest absolute Gasteiger partial charge is 0.379 e. The molecule has 0 amide bonds. The molecule has 0 saturated heterocycles. The van der Waals surface area contributed by atoms with Gasteiger partial charge in [0.05, 0.1) is 19.8 Å². The van der Waals surface area contributed by atoms with Crippen LogP contribution in [0.15, 0.2) is 0 Å². The van der Waals surface area contributed by atoms with Crippen molar-refractivity contribution in [2.45, 2.75) is 19.8 Å². The Hall–Kier alpha value is 0.230. The molecule has 0 aromatic carbocycles. The minimum Gasteiger partial charge on any atom is -0.379 e. The van der Waals surface area contributed by atoms with Crippen LogP contribution in [-0.4, -0.2) is 51.7 Å². The molecule has 1 N–H and O–H groups in total. The van der Waals surface area contributed by atoms with Crippen molar-refractivity contribution in [2.75, 3.05) is 51.7 Å². The second-order valence-corrected chi connectivity index (χ2v) is 8.27. The highest BCUT2D eigenvalue weighted by molar-refractivity contribution is 8.30. The van der Waals surface area contributed by atoms with Gasteiger partial charge in [-0.3, -0.25) is 4.72 Å². The number of hydrogen-bond donors (Lipinski definition) is 1. The summed E-state index contributed by atoms with van der Waals surface area (Å²) in [5, 5.41) is 0. The average Bonchev–Trinajstić information content (AvgIpc) is 2.14. The zero-order valence-electron chi connectivity index (χ0n) is 10.7. The molecule has 0 radical (unpaired) electrons. The van der Waals surface area contributed by atoms with Crippen LogP contribution in [0.3, 0.4) is 0 Å². The Bertz CT molecular complexity index is 137. The first-order valence-corrected chi connectivity index (χ1v) is 8.50. The van der Waals surface area contributed by atoms with E-state index in [0.29, 0.717) is 6.61 Å². The fourth-order valence-electron chi connectivity index (χ4n) is 0.988. The van der Waals surface area contributed by atoms with Gasteiger partial charge in [0.15, 0.2) is 0 Å². The lowest BCUT2D eigenvalue weighted by Crippen LogP contribution is -2.23. The van der Waals surface area contributed by atoms with Gasteiger partial charge >= 0.3 is 0 Å². The Kier molecular flexibility index (Phi) is 9.60. The smallest absolute Gasteiger partial charge is 0.0701 e. The van der Waals surface area contributed by atoms with E-state index >= 15 is 0 Å². The molecule has 0 fully saturated rings. The van der Waals surface area contributed by atoms with Gasteiger partial charge in [0.1, 0.15) is 0 Å². The first-order valence-electron chi connectivity index (χ1n) is 5.64. The molecular weight excluding hydrogens is 210 g/mol. The Morgan fingerprint density at radius 1 is 0.933 bits per heavy atom. The maximum Gasteiger partial charge on any atom is 0.0701 e. The van der Waals surface area contributed by atoms with Gasteiger partial charge < -0.3 is 9.47 Å². The van der Waals surface area contributed by atoms with Crippen LogP contribution in [0.5, 0.6) is 0 Å². The zero-order valence-corrected chi connectivity index (χ0v) is 11.5. The van der Waals surface area contributed by atoms with Crippen LogP contribution in [-0.2, 0) is 9.47 Å². The lowest BCUT2D eigenvalue weighted by molar-refractivity contribution is 0.0490. The summed E-state index contributed by atoms with van der Waals surface area (Å²) < 4.78 is 14.3. The summed E-state index contributed by atoms with van der Waals surface area (Å²) >= 11 is 0. The first kappa shape index (κ1) is 15.2. The standard InChI is InChI=1S/C11H27NO2S/c1-5-6-8-13-10-11-14-9-7-12-15(2,3)4/h12H,5-11H2,1-4H3. The number of rotatable bonds is 10. The van der Waals surface area contributed by atoms with Crippen molar-refractivity contribution >= 4 is 10.2 Å². The van der Waals surface area contributed by atoms with Gasteiger partial charge in [0.25, 0.3) is 0 Å². The van der Waals surface area contributed by atoms with Crippen LogP contribution in [0, 0.1) is 0 Å². The van der Waals surface area contributed by atoms with E-state index < -0.39 is 10.2 Å². The molecule has 0 aromatic heterocycles. The highest BCUT2D eigenvalue weighted by Gasteiger charge is 2.00. The van der Waals surface area contributed by atoms with Crippen molar-refractivity contribution < 1.29 is 9.47 Å². The maximum atomic E-state index is 5.44. The van der Waals surface area contributed by atoms with Crippen molar-refractivity contribution in [3.05, 3.63) is 0 Å². The third kappa shape index (κ3) is 14.2. The van der Waals surface area contributed by atoms with Gasteiger partial charge in [-0.25, -0.2) is 0 Å². The third-order valence-electron chi connectivity index (χ3n) is 1.80. The summed E-state index contributed by atoms with van der Waals surface area (Å²) in [6, 6.07) is 0. The fraction of sp³-hybridized carbons (Fsp3) is 1.00. The molecule has 0 aromatic rings. The summed E-state index contributed by atoms with van der Waals surface area (Å²) in [7, 11) is -0.590. The molecule has 0 aliphatic rings. The molecule has 0 unspecified atom stereocenters. The van der Waals surface area contributed by atoms with E-state index in [0.717, 1.165) is 32.8 Å². The van der Waals surface area contributed by atoms with Gasteiger partial charge in [0.2, 0.25) is 0 Å². The maximum absolute atomic E-state index is 5.44. The van der Waals surface area contributed by atoms with E-state index in [1.807, 2.05) is 0 Å². The first-order chi connectivity index (χ1) is 7.06. The molecule has 94 valence electrons. The van der Waals surface area contributed by atoms with Gasteiger partial charge in [-0.15, -0.1) is 0 Å². The summed E-state index contributed by atoms with van der Waals surface area (Å²) in [4.78, 5) is 0. The molecule has 0 aliphatic heterocycles. The molecule has 0 heterocycles. The summed E-state index contributed by atoms with van der Waals surface area (Å²) in [6.45, 7) is 6.19. The fourth-order valence-corrected chi connectivity index (χ4v) is 1.68. The van der Waals surface area contributed by atoms with E-state index in [1.165, 1.54) is 6.42 Å². The van der Waals surface area contributed by atoms with E-state index in [-0.39, 0.29) is 0 Å². The van der Waals surface area contributed by atoms with E-state index in [1.54, 1.807) is 0 Å². The molecule has 0 aliphatic carbocycles. The lowest BCUT2D eigenvalue weighted by atomic mass is 10.4. The second-order valence-electron chi connectivity index (χ2n) is 4.31. The highest BCUT2D eigenvalue weighted by atomic mass is 32.3. The van der Waals surface area contributed by atoms with Crippen LogP contribution in [0.25, 0.3) is 0 Å². The van der Waals surface area contributed by atoms with Crippen LogP contribution >= 0.6 is 10.2 Å². The van der Waals surface area contributed by atoms with Gasteiger partial charge in [-0.05, 0) is 25.2 Å². The molecule has 0 atom stereocenters. The van der Waals surface area contributed by atoms with Crippen LogP contribution < -0.4 is 4.72 Å². The third-order valence-corrected chi connectivity index (χ3v) is 2.87. The molecule has 0 saturated carbocycles. The van der Waals surface area contributed by atoms with Crippen molar-refractivity contribution in [1.82, 2.24) is 4.72 Å². The summed E-state index contributed by atoms with van der Waals surface area (Å²) in [5.74, 6) is 0. The number of nitrogens with one attached hydrogen (secondary N) is 1. The molecule has 0 bridgehead atoms. The topological polar surface area (TPSA) is 30.5 Å².